The van der Waals surface area contributed by atoms with Crippen molar-refractivity contribution in [2.75, 3.05) is 5.32 Å². The molecule has 1 N–H and O–H groups in total. The molecule has 21 heavy (non-hydrogen) atoms. The van der Waals surface area contributed by atoms with Gasteiger partial charge in [-0.3, -0.25) is 4.57 Å². The zero-order valence-electron chi connectivity index (χ0n) is 10.4. The number of nitrogens with zero attached hydrogens (tertiary/aromatic N) is 2. The highest BCUT2D eigenvalue weighted by Crippen LogP contribution is 2.24. The van der Waals surface area contributed by atoms with Crippen molar-refractivity contribution in [3.8, 4) is 5.75 Å². The van der Waals surface area contributed by atoms with Crippen molar-refractivity contribution in [2.45, 2.75) is 19.5 Å². The summed E-state index contributed by atoms with van der Waals surface area (Å²) in [5.74, 6) is -0.247. The SMILES string of the molecule is FC(F)n1ccnc1CNc1ccc(OC(F)(F)F)cc1. The molecular formula is C12H10F5N3O. The minimum absolute atomic E-state index is 0.0107. The number of alkyl halides is 5. The van der Waals surface area contributed by atoms with E-state index in [1.165, 1.54) is 18.3 Å². The van der Waals surface area contributed by atoms with E-state index in [0.717, 1.165) is 18.3 Å². The van der Waals surface area contributed by atoms with E-state index in [4.69, 9.17) is 0 Å². The average Bonchev–Trinajstić information content (AvgIpc) is 2.84. The second kappa shape index (κ2) is 5.98. The van der Waals surface area contributed by atoms with Gasteiger partial charge >= 0.3 is 12.9 Å². The highest BCUT2D eigenvalue weighted by atomic mass is 19.4. The summed E-state index contributed by atoms with van der Waals surface area (Å²) in [5, 5.41) is 2.78. The molecule has 0 saturated carbocycles. The zero-order valence-corrected chi connectivity index (χ0v) is 10.4. The zero-order chi connectivity index (χ0) is 15.5. The van der Waals surface area contributed by atoms with Crippen molar-refractivity contribution in [2.24, 2.45) is 0 Å². The molecule has 2 rings (SSSR count). The molecule has 114 valence electrons. The van der Waals surface area contributed by atoms with Gasteiger partial charge in [0, 0.05) is 18.1 Å². The van der Waals surface area contributed by atoms with Crippen molar-refractivity contribution in [1.29, 1.82) is 0 Å². The molecule has 0 bridgehead atoms. The normalized spacial score (nSPS) is 11.7. The Morgan fingerprint density at radius 2 is 1.86 bits per heavy atom. The number of nitrogens with one attached hydrogen (secondary N) is 1. The Morgan fingerprint density at radius 1 is 1.19 bits per heavy atom. The maximum absolute atomic E-state index is 12.6. The predicted molar refractivity (Wildman–Crippen MR) is 63.9 cm³/mol. The Bertz CT molecular complexity index is 579. The minimum Gasteiger partial charge on any atom is -0.406 e. The van der Waals surface area contributed by atoms with Crippen LogP contribution in [-0.2, 0) is 6.54 Å². The first-order chi connectivity index (χ1) is 9.85. The Morgan fingerprint density at radius 3 is 2.43 bits per heavy atom. The van der Waals surface area contributed by atoms with Crippen LogP contribution in [0.3, 0.4) is 0 Å². The predicted octanol–water partition coefficient (Wildman–Crippen LogP) is 3.79. The number of hydrogen-bond donors (Lipinski definition) is 1. The van der Waals surface area contributed by atoms with Gasteiger partial charge in [-0.25, -0.2) is 4.98 Å². The first-order valence-corrected chi connectivity index (χ1v) is 5.75. The van der Waals surface area contributed by atoms with Gasteiger partial charge in [-0.15, -0.1) is 13.2 Å². The van der Waals surface area contributed by atoms with Crippen LogP contribution in [0.5, 0.6) is 5.75 Å². The third-order valence-electron chi connectivity index (χ3n) is 2.50. The Kier molecular flexibility index (Phi) is 4.29. The van der Waals surface area contributed by atoms with E-state index in [-0.39, 0.29) is 18.1 Å². The lowest BCUT2D eigenvalue weighted by Gasteiger charge is -2.11. The van der Waals surface area contributed by atoms with Crippen LogP contribution >= 0.6 is 0 Å². The summed E-state index contributed by atoms with van der Waals surface area (Å²) in [5.41, 5.74) is 0.452. The highest BCUT2D eigenvalue weighted by Gasteiger charge is 2.30. The average molecular weight is 307 g/mol. The summed E-state index contributed by atoms with van der Waals surface area (Å²) in [4.78, 5) is 3.77. The maximum Gasteiger partial charge on any atom is 0.573 e. The number of ether oxygens (including phenoxy) is 1. The summed E-state index contributed by atoms with van der Waals surface area (Å²) >= 11 is 0. The summed E-state index contributed by atoms with van der Waals surface area (Å²) in [6.07, 6.45) is -2.37. The molecule has 1 aromatic carbocycles. The molecule has 0 amide bonds. The summed E-state index contributed by atoms with van der Waals surface area (Å²) in [6, 6.07) is 4.93. The lowest BCUT2D eigenvalue weighted by Crippen LogP contribution is -2.17. The number of hydrogen-bond acceptors (Lipinski definition) is 3. The van der Waals surface area contributed by atoms with Crippen molar-refractivity contribution in [3.05, 3.63) is 42.5 Å². The van der Waals surface area contributed by atoms with E-state index in [0.29, 0.717) is 10.3 Å². The van der Waals surface area contributed by atoms with Gasteiger partial charge in [-0.2, -0.15) is 8.78 Å². The van der Waals surface area contributed by atoms with Gasteiger partial charge < -0.3 is 10.1 Å². The lowest BCUT2D eigenvalue weighted by molar-refractivity contribution is -0.274. The van der Waals surface area contributed by atoms with Crippen molar-refractivity contribution in [1.82, 2.24) is 9.55 Å². The van der Waals surface area contributed by atoms with E-state index in [1.54, 1.807) is 0 Å². The number of rotatable bonds is 5. The first-order valence-electron chi connectivity index (χ1n) is 5.75. The molecule has 4 nitrogen and oxygen atoms in total. The van der Waals surface area contributed by atoms with Crippen LogP contribution in [-0.4, -0.2) is 15.9 Å². The maximum atomic E-state index is 12.6. The van der Waals surface area contributed by atoms with Crippen LogP contribution in [0.1, 0.15) is 12.4 Å². The molecule has 1 aromatic heterocycles. The Hall–Kier alpha value is -2.32. The number of aromatic nitrogens is 2. The molecule has 0 aliphatic carbocycles. The fraction of sp³-hybridized carbons (Fsp3) is 0.250. The van der Waals surface area contributed by atoms with Crippen molar-refractivity contribution in [3.63, 3.8) is 0 Å². The number of imidazole rings is 1. The molecule has 2 aromatic rings. The molecule has 0 spiro atoms. The van der Waals surface area contributed by atoms with Crippen molar-refractivity contribution < 1.29 is 26.7 Å². The lowest BCUT2D eigenvalue weighted by atomic mass is 10.3. The highest BCUT2D eigenvalue weighted by molar-refractivity contribution is 5.46. The van der Waals surface area contributed by atoms with E-state index < -0.39 is 12.9 Å². The summed E-state index contributed by atoms with van der Waals surface area (Å²) < 4.78 is 65.5. The molecule has 0 atom stereocenters. The fourth-order valence-electron chi connectivity index (χ4n) is 1.61. The summed E-state index contributed by atoms with van der Waals surface area (Å²) in [6.45, 7) is -2.69. The number of anilines is 1. The van der Waals surface area contributed by atoms with Gasteiger partial charge in [0.1, 0.15) is 11.6 Å². The van der Waals surface area contributed by atoms with Gasteiger partial charge in [0.15, 0.2) is 0 Å². The molecule has 1 heterocycles. The van der Waals surface area contributed by atoms with Crippen LogP contribution in [0.15, 0.2) is 36.7 Å². The van der Waals surface area contributed by atoms with Gasteiger partial charge in [0.25, 0.3) is 0 Å². The number of benzene rings is 1. The van der Waals surface area contributed by atoms with E-state index in [2.05, 4.69) is 15.0 Å². The summed E-state index contributed by atoms with van der Waals surface area (Å²) in [7, 11) is 0. The topological polar surface area (TPSA) is 39.1 Å². The Labute approximate surface area is 116 Å². The third kappa shape index (κ3) is 4.33. The molecular weight excluding hydrogens is 297 g/mol. The largest absolute Gasteiger partial charge is 0.573 e. The monoisotopic (exact) mass is 307 g/mol. The van der Waals surface area contributed by atoms with Crippen molar-refractivity contribution >= 4 is 5.69 Å². The molecule has 0 aliphatic heterocycles. The smallest absolute Gasteiger partial charge is 0.406 e. The van der Waals surface area contributed by atoms with Gasteiger partial charge in [-0.05, 0) is 24.3 Å². The molecule has 9 heteroatoms. The minimum atomic E-state index is -4.75. The fourth-order valence-corrected chi connectivity index (χ4v) is 1.61. The van der Waals surface area contributed by atoms with E-state index in [9.17, 15) is 22.0 Å². The van der Waals surface area contributed by atoms with E-state index >= 15 is 0 Å². The number of halogens is 5. The van der Waals surface area contributed by atoms with Crippen LogP contribution in [0.4, 0.5) is 27.6 Å². The quantitative estimate of drug-likeness (QED) is 0.854. The first kappa shape index (κ1) is 15.1. The molecule has 0 unspecified atom stereocenters. The second-order valence-corrected chi connectivity index (χ2v) is 3.95. The van der Waals surface area contributed by atoms with Gasteiger partial charge in [0.05, 0.1) is 6.54 Å². The third-order valence-corrected chi connectivity index (χ3v) is 2.50. The van der Waals surface area contributed by atoms with Crippen LogP contribution in [0.25, 0.3) is 0 Å². The van der Waals surface area contributed by atoms with Gasteiger partial charge in [0.2, 0.25) is 0 Å². The van der Waals surface area contributed by atoms with Crippen LogP contribution in [0, 0.1) is 0 Å². The molecule has 0 saturated heterocycles. The second-order valence-electron chi connectivity index (χ2n) is 3.95. The van der Waals surface area contributed by atoms with E-state index in [1.807, 2.05) is 0 Å². The Balaban J connectivity index is 1.96. The molecule has 0 fully saturated rings. The molecule has 0 aliphatic rings. The molecule has 0 radical (unpaired) electrons. The van der Waals surface area contributed by atoms with Gasteiger partial charge in [-0.1, -0.05) is 0 Å². The standard InChI is InChI=1S/C12H10F5N3O/c13-11(14)20-6-5-18-10(20)7-19-8-1-3-9(4-2-8)21-12(15,16)17/h1-6,11,19H,7H2. The van der Waals surface area contributed by atoms with Crippen LogP contribution in [0.2, 0.25) is 0 Å². The van der Waals surface area contributed by atoms with Crippen LogP contribution < -0.4 is 10.1 Å².